The van der Waals surface area contributed by atoms with Crippen molar-refractivity contribution in [1.29, 1.82) is 0 Å². The summed E-state index contributed by atoms with van der Waals surface area (Å²) in [5.41, 5.74) is 5.45. The summed E-state index contributed by atoms with van der Waals surface area (Å²) in [6.45, 7) is -0.209. The molecule has 0 radical (unpaired) electrons. The minimum Gasteiger partial charge on any atom is -0.383 e. The third-order valence-electron chi connectivity index (χ3n) is 1.78. The van der Waals surface area contributed by atoms with Crippen molar-refractivity contribution in [2.45, 2.75) is 12.6 Å². The molecule has 0 amide bonds. The van der Waals surface area contributed by atoms with E-state index >= 15 is 0 Å². The van der Waals surface area contributed by atoms with Crippen LogP contribution < -0.4 is 10.6 Å². The SMILES string of the molecule is CN(CCC(F)(F)F)c1nc(N)cc(Br)n1. The fraction of sp³-hybridized carbons (Fsp3) is 0.500. The first-order valence-corrected chi connectivity index (χ1v) is 5.15. The number of hydrogen-bond acceptors (Lipinski definition) is 4. The predicted molar refractivity (Wildman–Crippen MR) is 58.1 cm³/mol. The number of hydrogen-bond donors (Lipinski definition) is 1. The van der Waals surface area contributed by atoms with Crippen molar-refractivity contribution < 1.29 is 13.2 Å². The van der Waals surface area contributed by atoms with E-state index in [0.29, 0.717) is 4.60 Å². The van der Waals surface area contributed by atoms with Gasteiger partial charge in [-0.25, -0.2) is 4.98 Å². The van der Waals surface area contributed by atoms with E-state index in [2.05, 4.69) is 25.9 Å². The lowest BCUT2D eigenvalue weighted by atomic mass is 10.4. The van der Waals surface area contributed by atoms with Crippen molar-refractivity contribution in [3.8, 4) is 0 Å². The summed E-state index contributed by atoms with van der Waals surface area (Å²) in [7, 11) is 1.48. The molecule has 0 aliphatic heterocycles. The van der Waals surface area contributed by atoms with Crippen molar-refractivity contribution in [1.82, 2.24) is 9.97 Å². The number of halogens is 4. The van der Waals surface area contributed by atoms with E-state index in [4.69, 9.17) is 5.73 Å². The monoisotopic (exact) mass is 298 g/mol. The number of anilines is 2. The molecule has 0 saturated carbocycles. The largest absolute Gasteiger partial charge is 0.390 e. The van der Waals surface area contributed by atoms with Gasteiger partial charge in [0, 0.05) is 19.7 Å². The number of alkyl halides is 3. The molecule has 4 nitrogen and oxygen atoms in total. The van der Waals surface area contributed by atoms with Crippen LogP contribution in [0.15, 0.2) is 10.7 Å². The molecule has 0 aromatic carbocycles. The number of rotatable bonds is 3. The Labute approximate surface area is 98.8 Å². The van der Waals surface area contributed by atoms with Gasteiger partial charge in [-0.1, -0.05) is 0 Å². The average molecular weight is 299 g/mol. The Morgan fingerprint density at radius 3 is 2.56 bits per heavy atom. The van der Waals surface area contributed by atoms with Gasteiger partial charge in [0.2, 0.25) is 5.95 Å². The number of aromatic nitrogens is 2. The maximum absolute atomic E-state index is 12.0. The highest BCUT2D eigenvalue weighted by atomic mass is 79.9. The summed E-state index contributed by atoms with van der Waals surface area (Å²) in [5, 5.41) is 0. The molecule has 0 atom stereocenters. The van der Waals surface area contributed by atoms with E-state index in [9.17, 15) is 13.2 Å². The number of nitrogens with two attached hydrogens (primary N) is 1. The molecule has 0 aliphatic carbocycles. The topological polar surface area (TPSA) is 55.0 Å². The van der Waals surface area contributed by atoms with Gasteiger partial charge in [0.15, 0.2) is 0 Å². The Hall–Kier alpha value is -1.05. The fourth-order valence-corrected chi connectivity index (χ4v) is 1.38. The predicted octanol–water partition coefficient (Wildman–Crippen LogP) is 2.21. The summed E-state index contributed by atoms with van der Waals surface area (Å²) in [4.78, 5) is 9.05. The minimum atomic E-state index is -4.19. The van der Waals surface area contributed by atoms with E-state index in [0.717, 1.165) is 0 Å². The number of nitrogens with zero attached hydrogens (tertiary/aromatic N) is 3. The van der Waals surface area contributed by atoms with Crippen LogP contribution in [0.5, 0.6) is 0 Å². The van der Waals surface area contributed by atoms with Crippen molar-refractivity contribution >= 4 is 27.7 Å². The molecule has 0 spiro atoms. The number of nitrogen functional groups attached to an aromatic ring is 1. The van der Waals surface area contributed by atoms with Crippen LogP contribution in [0.4, 0.5) is 24.9 Å². The molecule has 1 aromatic heterocycles. The Balaban J connectivity index is 2.69. The van der Waals surface area contributed by atoms with Gasteiger partial charge in [-0.3, -0.25) is 0 Å². The van der Waals surface area contributed by atoms with Crippen molar-refractivity contribution in [2.75, 3.05) is 24.2 Å². The second kappa shape index (κ2) is 4.86. The van der Waals surface area contributed by atoms with Crippen LogP contribution in [-0.2, 0) is 0 Å². The van der Waals surface area contributed by atoms with Crippen LogP contribution in [0.25, 0.3) is 0 Å². The van der Waals surface area contributed by atoms with E-state index in [1.807, 2.05) is 0 Å². The lowest BCUT2D eigenvalue weighted by molar-refractivity contribution is -0.132. The zero-order chi connectivity index (χ0) is 12.3. The molecule has 1 rings (SSSR count). The van der Waals surface area contributed by atoms with Gasteiger partial charge in [-0.15, -0.1) is 0 Å². The van der Waals surface area contributed by atoms with Gasteiger partial charge in [0.1, 0.15) is 10.4 Å². The molecular weight excluding hydrogens is 289 g/mol. The van der Waals surface area contributed by atoms with E-state index in [1.54, 1.807) is 0 Å². The molecule has 8 heteroatoms. The molecule has 90 valence electrons. The zero-order valence-corrected chi connectivity index (χ0v) is 10.0. The van der Waals surface area contributed by atoms with Crippen LogP contribution in [0.2, 0.25) is 0 Å². The van der Waals surface area contributed by atoms with Gasteiger partial charge in [-0.05, 0) is 15.9 Å². The van der Waals surface area contributed by atoms with Crippen LogP contribution >= 0.6 is 15.9 Å². The molecule has 0 bridgehead atoms. The summed E-state index contributed by atoms with van der Waals surface area (Å²) < 4.78 is 36.4. The minimum absolute atomic E-state index is 0.163. The van der Waals surface area contributed by atoms with E-state index in [-0.39, 0.29) is 18.3 Å². The fourth-order valence-electron chi connectivity index (χ4n) is 0.988. The van der Waals surface area contributed by atoms with Gasteiger partial charge in [0.05, 0.1) is 6.42 Å². The second-order valence-electron chi connectivity index (χ2n) is 3.20. The Morgan fingerprint density at radius 1 is 1.44 bits per heavy atom. The summed E-state index contributed by atoms with van der Waals surface area (Å²) >= 11 is 3.09. The van der Waals surface area contributed by atoms with Crippen molar-refractivity contribution in [3.63, 3.8) is 0 Å². The Kier molecular flexibility index (Phi) is 3.95. The lowest BCUT2D eigenvalue weighted by Crippen LogP contribution is -2.25. The van der Waals surface area contributed by atoms with Gasteiger partial charge < -0.3 is 10.6 Å². The normalized spacial score (nSPS) is 11.6. The van der Waals surface area contributed by atoms with Crippen LogP contribution in [0.1, 0.15) is 6.42 Å². The van der Waals surface area contributed by atoms with Gasteiger partial charge in [0.25, 0.3) is 0 Å². The molecule has 0 saturated heterocycles. The molecule has 16 heavy (non-hydrogen) atoms. The van der Waals surface area contributed by atoms with Crippen LogP contribution in [0.3, 0.4) is 0 Å². The zero-order valence-electron chi connectivity index (χ0n) is 8.42. The first kappa shape index (κ1) is 13.0. The molecule has 0 aliphatic rings. The van der Waals surface area contributed by atoms with Crippen molar-refractivity contribution in [2.24, 2.45) is 0 Å². The first-order valence-electron chi connectivity index (χ1n) is 4.36. The summed E-state index contributed by atoms with van der Waals surface area (Å²) in [6, 6.07) is 1.47. The maximum Gasteiger partial charge on any atom is 0.390 e. The maximum atomic E-state index is 12.0. The molecule has 1 heterocycles. The first-order chi connectivity index (χ1) is 7.28. The summed E-state index contributed by atoms with van der Waals surface area (Å²) in [6.07, 6.45) is -5.11. The van der Waals surface area contributed by atoms with Crippen molar-refractivity contribution in [3.05, 3.63) is 10.7 Å². The highest BCUT2D eigenvalue weighted by molar-refractivity contribution is 9.10. The van der Waals surface area contributed by atoms with Gasteiger partial charge >= 0.3 is 6.18 Å². The lowest BCUT2D eigenvalue weighted by Gasteiger charge is -2.18. The molecular formula is C8H10BrF3N4. The molecule has 0 unspecified atom stereocenters. The van der Waals surface area contributed by atoms with Crippen LogP contribution in [-0.4, -0.2) is 29.7 Å². The quantitative estimate of drug-likeness (QED) is 0.869. The Bertz CT molecular complexity index is 349. The van der Waals surface area contributed by atoms with E-state index < -0.39 is 12.6 Å². The molecule has 2 N–H and O–H groups in total. The molecule has 1 aromatic rings. The smallest absolute Gasteiger partial charge is 0.383 e. The summed E-state index contributed by atoms with van der Waals surface area (Å²) in [5.74, 6) is 0.367. The Morgan fingerprint density at radius 2 is 2.06 bits per heavy atom. The standard InChI is InChI=1S/C8H10BrF3N4/c1-16(3-2-8(10,11)12)7-14-5(9)4-6(13)15-7/h4H,2-3H2,1H3,(H2,13,14,15). The second-order valence-corrected chi connectivity index (χ2v) is 4.01. The molecule has 0 fully saturated rings. The highest BCUT2D eigenvalue weighted by Crippen LogP contribution is 2.21. The third kappa shape index (κ3) is 4.21. The van der Waals surface area contributed by atoms with E-state index in [1.165, 1.54) is 18.0 Å². The third-order valence-corrected chi connectivity index (χ3v) is 2.18. The van der Waals surface area contributed by atoms with Crippen LogP contribution in [0, 0.1) is 0 Å². The average Bonchev–Trinajstić information content (AvgIpc) is 2.11. The highest BCUT2D eigenvalue weighted by Gasteiger charge is 2.27. The van der Waals surface area contributed by atoms with Gasteiger partial charge in [-0.2, -0.15) is 18.2 Å².